The highest BCUT2D eigenvalue weighted by Gasteiger charge is 2.12. The Morgan fingerprint density at radius 1 is 1.24 bits per heavy atom. The van der Waals surface area contributed by atoms with Crippen molar-refractivity contribution in [2.24, 2.45) is 0 Å². The van der Waals surface area contributed by atoms with Crippen LogP contribution >= 0.6 is 12.6 Å². The lowest BCUT2D eigenvalue weighted by molar-refractivity contribution is 0.0954. The maximum absolute atomic E-state index is 12.2. The van der Waals surface area contributed by atoms with Crippen molar-refractivity contribution in [2.75, 3.05) is 6.54 Å². The van der Waals surface area contributed by atoms with Gasteiger partial charge in [0.2, 0.25) is 0 Å². The molecular weight excluding hydrogens is 282 g/mol. The third-order valence-electron chi connectivity index (χ3n) is 3.30. The van der Waals surface area contributed by atoms with Crippen LogP contribution in [0.3, 0.4) is 0 Å². The topological polar surface area (TPSA) is 57.8 Å². The number of carbonyl (C=O) groups excluding carboxylic acids is 1. The van der Waals surface area contributed by atoms with Gasteiger partial charge < -0.3 is 10.3 Å². The molecular formula is C16H15N3OS. The van der Waals surface area contributed by atoms with Crippen LogP contribution in [0.25, 0.3) is 10.8 Å². The number of aromatic amines is 1. The van der Waals surface area contributed by atoms with E-state index in [1.807, 2.05) is 42.5 Å². The molecule has 3 aromatic rings. The van der Waals surface area contributed by atoms with E-state index in [2.05, 4.69) is 27.9 Å². The Hall–Kier alpha value is -2.27. The van der Waals surface area contributed by atoms with Crippen LogP contribution in [0.15, 0.2) is 54.9 Å². The summed E-state index contributed by atoms with van der Waals surface area (Å²) in [7, 11) is 0. The minimum absolute atomic E-state index is 0.105. The number of benzene rings is 2. The third-order valence-corrected chi connectivity index (χ3v) is 3.73. The second-order valence-corrected chi connectivity index (χ2v) is 5.39. The van der Waals surface area contributed by atoms with Gasteiger partial charge in [-0.15, -0.1) is 0 Å². The van der Waals surface area contributed by atoms with E-state index in [1.54, 1.807) is 12.4 Å². The Kier molecular flexibility index (Phi) is 3.92. The lowest BCUT2D eigenvalue weighted by Gasteiger charge is -2.10. The summed E-state index contributed by atoms with van der Waals surface area (Å²) in [5.74, 6) is 0.642. The Labute approximate surface area is 128 Å². The molecule has 1 atom stereocenters. The lowest BCUT2D eigenvalue weighted by Crippen LogP contribution is -2.27. The largest absolute Gasteiger partial charge is 0.350 e. The summed E-state index contributed by atoms with van der Waals surface area (Å²) in [4.78, 5) is 19.3. The van der Waals surface area contributed by atoms with E-state index in [-0.39, 0.29) is 11.2 Å². The third kappa shape index (κ3) is 3.08. The Balaban J connectivity index is 1.69. The number of rotatable bonds is 4. The van der Waals surface area contributed by atoms with Gasteiger partial charge in [-0.3, -0.25) is 4.79 Å². The molecule has 0 radical (unpaired) electrons. The van der Waals surface area contributed by atoms with Crippen molar-refractivity contribution >= 4 is 29.3 Å². The van der Waals surface area contributed by atoms with E-state index in [1.165, 1.54) is 0 Å². The zero-order valence-electron chi connectivity index (χ0n) is 11.3. The number of fused-ring (bicyclic) bond motifs is 1. The molecule has 0 fully saturated rings. The van der Waals surface area contributed by atoms with E-state index < -0.39 is 0 Å². The molecule has 3 rings (SSSR count). The summed E-state index contributed by atoms with van der Waals surface area (Å²) in [6.07, 6.45) is 3.41. The number of aromatic nitrogens is 2. The summed E-state index contributed by atoms with van der Waals surface area (Å²) < 4.78 is 0. The van der Waals surface area contributed by atoms with Gasteiger partial charge >= 0.3 is 0 Å². The first-order chi connectivity index (χ1) is 10.2. The molecule has 1 aromatic heterocycles. The molecule has 0 aliphatic carbocycles. The number of H-pyrrole nitrogens is 1. The van der Waals surface area contributed by atoms with Gasteiger partial charge in [0.05, 0.1) is 5.25 Å². The highest BCUT2D eigenvalue weighted by molar-refractivity contribution is 7.80. The minimum atomic E-state index is -0.149. The predicted molar refractivity (Wildman–Crippen MR) is 86.6 cm³/mol. The van der Waals surface area contributed by atoms with Crippen LogP contribution in [-0.4, -0.2) is 22.4 Å². The molecule has 2 N–H and O–H groups in total. The average molecular weight is 297 g/mol. The lowest BCUT2D eigenvalue weighted by atomic mass is 10.1. The van der Waals surface area contributed by atoms with Gasteiger partial charge in [0, 0.05) is 24.5 Å². The quantitative estimate of drug-likeness (QED) is 0.648. The van der Waals surface area contributed by atoms with Crippen molar-refractivity contribution in [1.29, 1.82) is 0 Å². The number of nitrogens with one attached hydrogen (secondary N) is 2. The molecule has 21 heavy (non-hydrogen) atoms. The highest BCUT2D eigenvalue weighted by atomic mass is 32.1. The molecule has 106 valence electrons. The van der Waals surface area contributed by atoms with Crippen molar-refractivity contribution in [1.82, 2.24) is 15.3 Å². The summed E-state index contributed by atoms with van der Waals surface area (Å²) in [6.45, 7) is 0.419. The maximum Gasteiger partial charge on any atom is 0.251 e. The number of amides is 1. The maximum atomic E-state index is 12.2. The Morgan fingerprint density at radius 3 is 2.81 bits per heavy atom. The monoisotopic (exact) mass is 297 g/mol. The molecule has 0 saturated carbocycles. The predicted octanol–water partition coefficient (Wildman–Crippen LogP) is 2.96. The standard InChI is InChI=1S/C16H15N3OS/c20-16(19-10-14(21)15-17-7-8-18-15)13-6-5-11-3-1-2-4-12(11)9-13/h1-9,14,21H,10H2,(H,17,18)(H,19,20). The molecule has 1 heterocycles. The molecule has 1 unspecified atom stereocenters. The van der Waals surface area contributed by atoms with Gasteiger partial charge in [0.25, 0.3) is 5.91 Å². The Morgan fingerprint density at radius 2 is 2.05 bits per heavy atom. The van der Waals surface area contributed by atoms with E-state index >= 15 is 0 Å². The number of imidazole rings is 1. The van der Waals surface area contributed by atoms with Crippen molar-refractivity contribution in [3.05, 3.63) is 66.2 Å². The van der Waals surface area contributed by atoms with Gasteiger partial charge in [-0.1, -0.05) is 30.3 Å². The Bertz CT molecular complexity index is 755. The molecule has 0 aliphatic rings. The summed E-state index contributed by atoms with van der Waals surface area (Å²) in [5.41, 5.74) is 0.647. The highest BCUT2D eigenvalue weighted by Crippen LogP contribution is 2.17. The summed E-state index contributed by atoms with van der Waals surface area (Å²) >= 11 is 4.42. The van der Waals surface area contributed by atoms with Gasteiger partial charge in [-0.2, -0.15) is 12.6 Å². The first-order valence-corrected chi connectivity index (χ1v) is 7.20. The van der Waals surface area contributed by atoms with Gasteiger partial charge in [0.1, 0.15) is 5.82 Å². The average Bonchev–Trinajstić information content (AvgIpc) is 3.06. The number of thiol groups is 1. The fourth-order valence-electron chi connectivity index (χ4n) is 2.18. The van der Waals surface area contributed by atoms with Crippen molar-refractivity contribution in [2.45, 2.75) is 5.25 Å². The number of nitrogens with zero attached hydrogens (tertiary/aromatic N) is 1. The fourth-order valence-corrected chi connectivity index (χ4v) is 2.41. The van der Waals surface area contributed by atoms with Crippen LogP contribution in [0.5, 0.6) is 0 Å². The smallest absolute Gasteiger partial charge is 0.251 e. The van der Waals surface area contributed by atoms with Crippen LogP contribution in [0.4, 0.5) is 0 Å². The van der Waals surface area contributed by atoms with Crippen LogP contribution in [-0.2, 0) is 0 Å². The summed E-state index contributed by atoms with van der Waals surface area (Å²) in [6, 6.07) is 13.6. The second kappa shape index (κ2) is 6.01. The molecule has 0 bridgehead atoms. The second-order valence-electron chi connectivity index (χ2n) is 4.76. The van der Waals surface area contributed by atoms with Gasteiger partial charge in [0.15, 0.2) is 0 Å². The number of hydrogen-bond acceptors (Lipinski definition) is 3. The molecule has 1 amide bonds. The first-order valence-electron chi connectivity index (χ1n) is 6.68. The zero-order chi connectivity index (χ0) is 14.7. The molecule has 0 aliphatic heterocycles. The van der Waals surface area contributed by atoms with Crippen LogP contribution in [0, 0.1) is 0 Å². The fraction of sp³-hybridized carbons (Fsp3) is 0.125. The van der Waals surface area contributed by atoms with Crippen molar-refractivity contribution in [3.8, 4) is 0 Å². The van der Waals surface area contributed by atoms with E-state index in [4.69, 9.17) is 0 Å². The summed E-state index contributed by atoms with van der Waals surface area (Å²) in [5, 5.41) is 4.90. The van der Waals surface area contributed by atoms with E-state index in [0.29, 0.717) is 12.1 Å². The molecule has 0 spiro atoms. The molecule has 0 saturated heterocycles. The molecule has 5 heteroatoms. The van der Waals surface area contributed by atoms with Gasteiger partial charge in [-0.25, -0.2) is 4.98 Å². The van der Waals surface area contributed by atoms with Crippen molar-refractivity contribution < 1.29 is 4.79 Å². The van der Waals surface area contributed by atoms with Gasteiger partial charge in [-0.05, 0) is 22.9 Å². The first kappa shape index (κ1) is 13.7. The SMILES string of the molecule is O=C(NCC(S)c1ncc[nH]1)c1ccc2ccccc2c1. The molecule has 2 aromatic carbocycles. The number of hydrogen-bond donors (Lipinski definition) is 3. The van der Waals surface area contributed by atoms with E-state index in [0.717, 1.165) is 16.6 Å². The van der Waals surface area contributed by atoms with Crippen LogP contribution < -0.4 is 5.32 Å². The van der Waals surface area contributed by atoms with Crippen molar-refractivity contribution in [3.63, 3.8) is 0 Å². The van der Waals surface area contributed by atoms with Crippen LogP contribution in [0.2, 0.25) is 0 Å². The zero-order valence-corrected chi connectivity index (χ0v) is 12.2. The van der Waals surface area contributed by atoms with E-state index in [9.17, 15) is 4.79 Å². The normalized spacial score (nSPS) is 12.2. The molecule has 4 nitrogen and oxygen atoms in total. The number of carbonyl (C=O) groups is 1. The minimum Gasteiger partial charge on any atom is -0.350 e. The van der Waals surface area contributed by atoms with Crippen LogP contribution in [0.1, 0.15) is 21.4 Å².